The van der Waals surface area contributed by atoms with Crippen LogP contribution in [-0.2, 0) is 18.1 Å². The number of nitrogens with one attached hydrogen (secondary N) is 2. The topological polar surface area (TPSA) is 74.2 Å². The van der Waals surface area contributed by atoms with Crippen LogP contribution < -0.4 is 10.6 Å². The maximum absolute atomic E-state index is 14.6. The van der Waals surface area contributed by atoms with Gasteiger partial charge in [0.05, 0.1) is 22.4 Å². The molecule has 4 rings (SSSR count). The summed E-state index contributed by atoms with van der Waals surface area (Å²) in [5.41, 5.74) is -2.16. The van der Waals surface area contributed by atoms with Crippen LogP contribution in [0.4, 0.5) is 22.4 Å². The van der Waals surface area contributed by atoms with Crippen molar-refractivity contribution in [1.29, 1.82) is 0 Å². The highest BCUT2D eigenvalue weighted by atomic mass is 35.5. The highest BCUT2D eigenvalue weighted by molar-refractivity contribution is 6.30. The zero-order valence-electron chi connectivity index (χ0n) is 19.0. The Morgan fingerprint density at radius 2 is 1.78 bits per heavy atom. The van der Waals surface area contributed by atoms with Gasteiger partial charge in [0.2, 0.25) is 0 Å². The molecule has 1 heterocycles. The summed E-state index contributed by atoms with van der Waals surface area (Å²) in [4.78, 5) is 17.5. The minimum Gasteiger partial charge on any atom is -0.393 e. The van der Waals surface area contributed by atoms with E-state index in [9.17, 15) is 27.5 Å². The molecule has 0 spiro atoms. The van der Waals surface area contributed by atoms with E-state index in [0.717, 1.165) is 12.1 Å². The summed E-state index contributed by atoms with van der Waals surface area (Å²) < 4.78 is 55.6. The molecule has 0 bridgehead atoms. The Kier molecular flexibility index (Phi) is 7.51. The SMILES string of the molecule is O=C(NC1CCC(O)C1)NC(Cc1ccccc1)(c1cc(F)cc(C(F)(F)F)c1)c1ccc(Cl)cn1. The van der Waals surface area contributed by atoms with E-state index in [-0.39, 0.29) is 28.7 Å². The molecule has 0 radical (unpaired) electrons. The van der Waals surface area contributed by atoms with Gasteiger partial charge in [-0.05, 0) is 60.7 Å². The second-order valence-corrected chi connectivity index (χ2v) is 9.35. The van der Waals surface area contributed by atoms with Crippen LogP contribution in [0.2, 0.25) is 5.02 Å². The van der Waals surface area contributed by atoms with Crippen LogP contribution >= 0.6 is 11.6 Å². The Labute approximate surface area is 210 Å². The predicted molar refractivity (Wildman–Crippen MR) is 127 cm³/mol. The van der Waals surface area contributed by atoms with Gasteiger partial charge in [0.25, 0.3) is 0 Å². The first-order valence-corrected chi connectivity index (χ1v) is 11.7. The largest absolute Gasteiger partial charge is 0.416 e. The molecule has 1 aliphatic rings. The summed E-state index contributed by atoms with van der Waals surface area (Å²) in [6.07, 6.45) is -2.63. The smallest absolute Gasteiger partial charge is 0.393 e. The molecule has 1 saturated carbocycles. The number of urea groups is 1. The minimum absolute atomic E-state index is 0.0239. The van der Waals surface area contributed by atoms with Crippen LogP contribution in [-0.4, -0.2) is 28.3 Å². The van der Waals surface area contributed by atoms with E-state index in [1.165, 1.54) is 18.3 Å². The van der Waals surface area contributed by atoms with E-state index in [1.807, 2.05) is 0 Å². The number of carbonyl (C=O) groups is 1. The molecule has 10 heteroatoms. The fourth-order valence-electron chi connectivity index (χ4n) is 4.56. The fourth-order valence-corrected chi connectivity index (χ4v) is 4.67. The number of rotatable bonds is 6. The second kappa shape index (κ2) is 10.4. The summed E-state index contributed by atoms with van der Waals surface area (Å²) in [5.74, 6) is -1.10. The van der Waals surface area contributed by atoms with E-state index in [0.29, 0.717) is 30.9 Å². The lowest BCUT2D eigenvalue weighted by molar-refractivity contribution is -0.137. The first-order valence-electron chi connectivity index (χ1n) is 11.4. The molecule has 1 fully saturated rings. The Morgan fingerprint density at radius 3 is 2.39 bits per heavy atom. The maximum Gasteiger partial charge on any atom is 0.416 e. The molecule has 5 nitrogen and oxygen atoms in total. The lowest BCUT2D eigenvalue weighted by atomic mass is 9.79. The molecule has 3 unspecified atom stereocenters. The number of benzene rings is 2. The third-order valence-corrected chi connectivity index (χ3v) is 6.49. The fraction of sp³-hybridized carbons (Fsp3) is 0.308. The van der Waals surface area contributed by atoms with Crippen LogP contribution in [0.15, 0.2) is 66.9 Å². The Balaban J connectivity index is 1.87. The van der Waals surface area contributed by atoms with Crippen molar-refractivity contribution in [3.05, 3.63) is 100 Å². The summed E-state index contributed by atoms with van der Waals surface area (Å²) in [5, 5.41) is 15.7. The van der Waals surface area contributed by atoms with Crippen molar-refractivity contribution in [1.82, 2.24) is 15.6 Å². The van der Waals surface area contributed by atoms with Gasteiger partial charge < -0.3 is 15.7 Å². The van der Waals surface area contributed by atoms with Crippen molar-refractivity contribution in [2.24, 2.45) is 0 Å². The molecule has 36 heavy (non-hydrogen) atoms. The van der Waals surface area contributed by atoms with Gasteiger partial charge in [-0.25, -0.2) is 9.18 Å². The van der Waals surface area contributed by atoms with Gasteiger partial charge in [0.15, 0.2) is 0 Å². The van der Waals surface area contributed by atoms with Crippen LogP contribution in [0.3, 0.4) is 0 Å². The number of nitrogens with zero attached hydrogens (tertiary/aromatic N) is 1. The Bertz CT molecular complexity index is 1210. The molecule has 190 valence electrons. The van der Waals surface area contributed by atoms with E-state index in [4.69, 9.17) is 11.6 Å². The van der Waals surface area contributed by atoms with Crippen LogP contribution in [0.5, 0.6) is 0 Å². The molecule has 0 aliphatic heterocycles. The van der Waals surface area contributed by atoms with Gasteiger partial charge in [-0.1, -0.05) is 41.9 Å². The molecule has 1 aromatic heterocycles. The molecule has 3 atom stereocenters. The Morgan fingerprint density at radius 1 is 1.06 bits per heavy atom. The highest BCUT2D eigenvalue weighted by Crippen LogP contribution is 2.38. The van der Waals surface area contributed by atoms with Gasteiger partial charge in [-0.3, -0.25) is 4.98 Å². The first-order chi connectivity index (χ1) is 17.0. The van der Waals surface area contributed by atoms with Crippen molar-refractivity contribution in [3.8, 4) is 0 Å². The number of halogens is 5. The van der Waals surface area contributed by atoms with Crippen molar-refractivity contribution < 1.29 is 27.5 Å². The summed E-state index contributed by atoms with van der Waals surface area (Å²) >= 11 is 6.02. The Hall–Kier alpha value is -3.17. The van der Waals surface area contributed by atoms with Crippen LogP contribution in [0.1, 0.15) is 41.6 Å². The number of pyridine rings is 1. The molecule has 3 aromatic rings. The van der Waals surface area contributed by atoms with E-state index in [1.54, 1.807) is 30.3 Å². The van der Waals surface area contributed by atoms with E-state index in [2.05, 4.69) is 15.6 Å². The van der Waals surface area contributed by atoms with E-state index >= 15 is 0 Å². The van der Waals surface area contributed by atoms with Gasteiger partial charge >= 0.3 is 12.2 Å². The van der Waals surface area contributed by atoms with E-state index < -0.39 is 35.2 Å². The molecule has 2 amide bonds. The number of hydrogen-bond donors (Lipinski definition) is 3. The van der Waals surface area contributed by atoms with Gasteiger partial charge in [0, 0.05) is 18.7 Å². The molecule has 1 aliphatic carbocycles. The van der Waals surface area contributed by atoms with Crippen molar-refractivity contribution in [2.75, 3.05) is 0 Å². The molecule has 0 saturated heterocycles. The number of amides is 2. The quantitative estimate of drug-likeness (QED) is 0.370. The number of aliphatic hydroxyl groups excluding tert-OH is 1. The van der Waals surface area contributed by atoms with Crippen molar-refractivity contribution in [3.63, 3.8) is 0 Å². The number of aromatic nitrogens is 1. The van der Waals surface area contributed by atoms with Gasteiger partial charge in [-0.2, -0.15) is 13.2 Å². The summed E-state index contributed by atoms with van der Waals surface area (Å²) in [7, 11) is 0. The summed E-state index contributed by atoms with van der Waals surface area (Å²) in [6.45, 7) is 0. The molecule has 3 N–H and O–H groups in total. The van der Waals surface area contributed by atoms with Crippen molar-refractivity contribution in [2.45, 2.75) is 49.5 Å². The average Bonchev–Trinajstić information content (AvgIpc) is 3.23. The third-order valence-electron chi connectivity index (χ3n) is 6.26. The van der Waals surface area contributed by atoms with Gasteiger partial charge in [0.1, 0.15) is 11.4 Å². The summed E-state index contributed by atoms with van der Waals surface area (Å²) in [6, 6.07) is 13.0. The average molecular weight is 522 g/mol. The number of aliphatic hydroxyl groups is 1. The normalized spacial score (nSPS) is 19.5. The van der Waals surface area contributed by atoms with Crippen LogP contribution in [0, 0.1) is 5.82 Å². The lowest BCUT2D eigenvalue weighted by Gasteiger charge is -2.36. The monoisotopic (exact) mass is 521 g/mol. The maximum atomic E-state index is 14.6. The molecular formula is C26H24ClF4N3O2. The standard InChI is InChI=1S/C26H24ClF4N3O2/c27-19-6-9-23(32-15-19)25(14-16-4-2-1-3-5-16,34-24(36)33-21-7-8-22(35)13-21)17-10-18(26(29,30)31)12-20(28)11-17/h1-6,9-12,15,21-22,35H,7-8,13-14H2,(H2,33,34,36). The lowest BCUT2D eigenvalue weighted by Crippen LogP contribution is -2.54. The highest BCUT2D eigenvalue weighted by Gasteiger charge is 2.41. The number of alkyl halides is 3. The predicted octanol–water partition coefficient (Wildman–Crippen LogP) is 5.59. The first kappa shape index (κ1) is 25.9. The zero-order chi connectivity index (χ0) is 25.9. The number of hydrogen-bond acceptors (Lipinski definition) is 3. The third kappa shape index (κ3) is 5.96. The molecular weight excluding hydrogens is 498 g/mol. The zero-order valence-corrected chi connectivity index (χ0v) is 19.8. The van der Waals surface area contributed by atoms with Crippen molar-refractivity contribution >= 4 is 17.6 Å². The van der Waals surface area contributed by atoms with Gasteiger partial charge in [-0.15, -0.1) is 0 Å². The minimum atomic E-state index is -4.81. The molecule has 2 aromatic carbocycles. The number of carbonyl (C=O) groups excluding carboxylic acids is 1. The van der Waals surface area contributed by atoms with Crippen LogP contribution in [0.25, 0.3) is 0 Å². The second-order valence-electron chi connectivity index (χ2n) is 8.92.